The standard InChI is InChI=1S/C21H28N2O3/c1-13(2)14-8-10-16(11-9-14)22-18(24)12-17(20(22)26)23(21(3,4)5)19(25)15-6-7-15/h8-11,13,15,17H,6-7,12H2,1-5H3. The molecule has 1 unspecified atom stereocenters. The van der Waals surface area contributed by atoms with E-state index in [0.717, 1.165) is 18.4 Å². The van der Waals surface area contributed by atoms with Crippen molar-refractivity contribution < 1.29 is 14.4 Å². The molecule has 140 valence electrons. The van der Waals surface area contributed by atoms with Crippen LogP contribution in [0.15, 0.2) is 24.3 Å². The van der Waals surface area contributed by atoms with Crippen LogP contribution in [0.25, 0.3) is 0 Å². The Morgan fingerprint density at radius 2 is 1.69 bits per heavy atom. The average molecular weight is 356 g/mol. The fraction of sp³-hybridized carbons (Fsp3) is 0.571. The lowest BCUT2D eigenvalue weighted by atomic mass is 10.0. The molecule has 0 bridgehead atoms. The molecule has 26 heavy (non-hydrogen) atoms. The highest BCUT2D eigenvalue weighted by molar-refractivity contribution is 6.23. The number of hydrogen-bond donors (Lipinski definition) is 0. The molecule has 0 N–H and O–H groups in total. The highest BCUT2D eigenvalue weighted by Gasteiger charge is 2.49. The third kappa shape index (κ3) is 3.39. The highest BCUT2D eigenvalue weighted by atomic mass is 16.2. The van der Waals surface area contributed by atoms with Gasteiger partial charge in [-0.05, 0) is 57.2 Å². The summed E-state index contributed by atoms with van der Waals surface area (Å²) in [6, 6.07) is 6.82. The van der Waals surface area contributed by atoms with Gasteiger partial charge in [0.05, 0.1) is 12.1 Å². The van der Waals surface area contributed by atoms with Gasteiger partial charge in [-0.15, -0.1) is 0 Å². The summed E-state index contributed by atoms with van der Waals surface area (Å²) in [7, 11) is 0. The van der Waals surface area contributed by atoms with Crippen LogP contribution in [-0.2, 0) is 14.4 Å². The van der Waals surface area contributed by atoms with Crippen molar-refractivity contribution in [2.45, 2.75) is 71.4 Å². The minimum Gasteiger partial charge on any atom is -0.325 e. The van der Waals surface area contributed by atoms with Crippen molar-refractivity contribution in [3.05, 3.63) is 29.8 Å². The number of anilines is 1. The summed E-state index contributed by atoms with van der Waals surface area (Å²) in [5.41, 5.74) is 1.24. The molecule has 1 atom stereocenters. The van der Waals surface area contributed by atoms with Gasteiger partial charge in [0.15, 0.2) is 0 Å². The third-order valence-corrected chi connectivity index (χ3v) is 5.14. The van der Waals surface area contributed by atoms with E-state index in [1.165, 1.54) is 4.90 Å². The minimum absolute atomic E-state index is 0.000607. The van der Waals surface area contributed by atoms with Crippen LogP contribution in [0, 0.1) is 5.92 Å². The van der Waals surface area contributed by atoms with E-state index in [0.29, 0.717) is 11.6 Å². The summed E-state index contributed by atoms with van der Waals surface area (Å²) in [5.74, 6) is -0.141. The van der Waals surface area contributed by atoms with Crippen molar-refractivity contribution in [2.24, 2.45) is 5.92 Å². The van der Waals surface area contributed by atoms with Crippen LogP contribution in [0.3, 0.4) is 0 Å². The van der Waals surface area contributed by atoms with Gasteiger partial charge in [0, 0.05) is 11.5 Å². The Kier molecular flexibility index (Phi) is 4.67. The van der Waals surface area contributed by atoms with Gasteiger partial charge >= 0.3 is 0 Å². The molecule has 5 heteroatoms. The highest BCUT2D eigenvalue weighted by Crippen LogP contribution is 2.37. The molecular formula is C21H28N2O3. The first kappa shape index (κ1) is 18.6. The molecule has 1 heterocycles. The van der Waals surface area contributed by atoms with Gasteiger partial charge in [-0.25, -0.2) is 4.90 Å². The summed E-state index contributed by atoms with van der Waals surface area (Å²) in [4.78, 5) is 41.4. The number of rotatable bonds is 4. The van der Waals surface area contributed by atoms with E-state index in [9.17, 15) is 14.4 Å². The summed E-state index contributed by atoms with van der Waals surface area (Å²) < 4.78 is 0. The van der Waals surface area contributed by atoms with Crippen molar-refractivity contribution in [1.29, 1.82) is 0 Å². The summed E-state index contributed by atoms with van der Waals surface area (Å²) >= 11 is 0. The molecule has 1 saturated carbocycles. The van der Waals surface area contributed by atoms with E-state index >= 15 is 0 Å². The predicted octanol–water partition coefficient (Wildman–Crippen LogP) is 3.48. The Balaban J connectivity index is 1.88. The van der Waals surface area contributed by atoms with Crippen molar-refractivity contribution in [2.75, 3.05) is 4.90 Å². The molecule has 3 rings (SSSR count). The largest absolute Gasteiger partial charge is 0.325 e. The second kappa shape index (κ2) is 6.53. The first-order valence-corrected chi connectivity index (χ1v) is 9.41. The van der Waals surface area contributed by atoms with Gasteiger partial charge < -0.3 is 4.90 Å². The molecule has 1 aromatic carbocycles. The van der Waals surface area contributed by atoms with Crippen LogP contribution < -0.4 is 4.90 Å². The van der Waals surface area contributed by atoms with Gasteiger partial charge in [-0.2, -0.15) is 0 Å². The van der Waals surface area contributed by atoms with Crippen LogP contribution in [0.2, 0.25) is 0 Å². The number of hydrogen-bond acceptors (Lipinski definition) is 3. The molecule has 1 saturated heterocycles. The molecular weight excluding hydrogens is 328 g/mol. The molecule has 0 radical (unpaired) electrons. The molecule has 2 fully saturated rings. The van der Waals surface area contributed by atoms with E-state index in [1.54, 1.807) is 4.90 Å². The zero-order chi connectivity index (χ0) is 19.2. The molecule has 5 nitrogen and oxygen atoms in total. The number of imide groups is 1. The van der Waals surface area contributed by atoms with E-state index in [2.05, 4.69) is 13.8 Å². The van der Waals surface area contributed by atoms with Crippen LogP contribution in [-0.4, -0.2) is 34.2 Å². The molecule has 0 aromatic heterocycles. The zero-order valence-electron chi connectivity index (χ0n) is 16.3. The number of carbonyl (C=O) groups is 3. The lowest BCUT2D eigenvalue weighted by Gasteiger charge is -2.39. The smallest absolute Gasteiger partial charge is 0.257 e. The van der Waals surface area contributed by atoms with Crippen molar-refractivity contribution in [1.82, 2.24) is 4.90 Å². The van der Waals surface area contributed by atoms with Crippen molar-refractivity contribution in [3.63, 3.8) is 0 Å². The topological polar surface area (TPSA) is 57.7 Å². The van der Waals surface area contributed by atoms with Gasteiger partial charge in [0.25, 0.3) is 5.91 Å². The Labute approximate surface area is 155 Å². The van der Waals surface area contributed by atoms with Crippen LogP contribution in [0.5, 0.6) is 0 Å². The van der Waals surface area contributed by atoms with E-state index in [-0.39, 0.29) is 30.1 Å². The summed E-state index contributed by atoms with van der Waals surface area (Å²) in [6.07, 6.45) is 1.81. The first-order valence-electron chi connectivity index (χ1n) is 9.41. The first-order chi connectivity index (χ1) is 12.1. The van der Waals surface area contributed by atoms with Crippen molar-refractivity contribution >= 4 is 23.4 Å². The SMILES string of the molecule is CC(C)c1ccc(N2C(=O)CC(N(C(=O)C3CC3)C(C)(C)C)C2=O)cc1. The number of benzene rings is 1. The maximum atomic E-state index is 13.1. The molecule has 0 spiro atoms. The lowest BCUT2D eigenvalue weighted by Crippen LogP contribution is -2.55. The molecule has 3 amide bonds. The molecule has 1 aliphatic heterocycles. The lowest BCUT2D eigenvalue weighted by molar-refractivity contribution is -0.145. The van der Waals surface area contributed by atoms with Gasteiger partial charge in [-0.1, -0.05) is 26.0 Å². The average Bonchev–Trinajstić information content (AvgIpc) is 3.34. The summed E-state index contributed by atoms with van der Waals surface area (Å²) in [5, 5.41) is 0. The molecule has 1 aromatic rings. The number of amides is 3. The van der Waals surface area contributed by atoms with Gasteiger partial charge in [0.1, 0.15) is 6.04 Å². The van der Waals surface area contributed by atoms with E-state index in [4.69, 9.17) is 0 Å². The predicted molar refractivity (Wildman–Crippen MR) is 101 cm³/mol. The van der Waals surface area contributed by atoms with Crippen molar-refractivity contribution in [3.8, 4) is 0 Å². The maximum absolute atomic E-state index is 13.1. The maximum Gasteiger partial charge on any atom is 0.257 e. The Bertz CT molecular complexity index is 727. The Morgan fingerprint density at radius 1 is 1.12 bits per heavy atom. The Hall–Kier alpha value is -2.17. The number of carbonyl (C=O) groups excluding carboxylic acids is 3. The molecule has 2 aliphatic rings. The quantitative estimate of drug-likeness (QED) is 0.776. The normalized spacial score (nSPS) is 20.8. The van der Waals surface area contributed by atoms with Gasteiger partial charge in [-0.3, -0.25) is 14.4 Å². The van der Waals surface area contributed by atoms with Crippen LogP contribution in [0.4, 0.5) is 5.69 Å². The Morgan fingerprint density at radius 3 is 2.15 bits per heavy atom. The fourth-order valence-corrected chi connectivity index (χ4v) is 3.58. The molecule has 1 aliphatic carbocycles. The van der Waals surface area contributed by atoms with E-state index < -0.39 is 11.6 Å². The zero-order valence-corrected chi connectivity index (χ0v) is 16.3. The van der Waals surface area contributed by atoms with Gasteiger partial charge in [0.2, 0.25) is 11.8 Å². The minimum atomic E-state index is -0.708. The summed E-state index contributed by atoms with van der Waals surface area (Å²) in [6.45, 7) is 9.96. The van der Waals surface area contributed by atoms with Crippen LogP contribution >= 0.6 is 0 Å². The van der Waals surface area contributed by atoms with E-state index in [1.807, 2.05) is 45.0 Å². The second-order valence-electron chi connectivity index (χ2n) is 8.69. The number of nitrogens with zero attached hydrogens (tertiary/aromatic N) is 2. The fourth-order valence-electron chi connectivity index (χ4n) is 3.58. The third-order valence-electron chi connectivity index (χ3n) is 5.14. The second-order valence-corrected chi connectivity index (χ2v) is 8.69. The monoisotopic (exact) mass is 356 g/mol. The van der Waals surface area contributed by atoms with Crippen LogP contribution in [0.1, 0.15) is 65.4 Å².